The summed E-state index contributed by atoms with van der Waals surface area (Å²) in [7, 11) is 1.68. The second-order valence-corrected chi connectivity index (χ2v) is 6.73. The normalized spacial score (nSPS) is 12.1. The van der Waals surface area contributed by atoms with E-state index in [1.165, 1.54) is 5.56 Å². The van der Waals surface area contributed by atoms with E-state index in [0.717, 1.165) is 28.8 Å². The maximum atomic E-state index is 5.47. The fourth-order valence-electron chi connectivity index (χ4n) is 2.64. The van der Waals surface area contributed by atoms with E-state index in [4.69, 9.17) is 4.74 Å². The minimum Gasteiger partial charge on any atom is -0.496 e. The average molecular weight is 339 g/mol. The number of hydrogen-bond donors (Lipinski definition) is 0. The first-order chi connectivity index (χ1) is 11.7. The topological polar surface area (TPSA) is 39.9 Å². The highest BCUT2D eigenvalue weighted by Gasteiger charge is 2.18. The zero-order valence-corrected chi connectivity index (χ0v) is 15.0. The minimum absolute atomic E-state index is 0.311. The molecule has 2 aromatic carbocycles. The molecule has 0 fully saturated rings. The molecule has 0 N–H and O–H groups in total. The van der Waals surface area contributed by atoms with Crippen LogP contribution in [0.15, 0.2) is 59.8 Å². The van der Waals surface area contributed by atoms with E-state index in [0.29, 0.717) is 5.25 Å². The predicted molar refractivity (Wildman–Crippen MR) is 98.4 cm³/mol. The summed E-state index contributed by atoms with van der Waals surface area (Å²) < 4.78 is 7.61. The fourth-order valence-corrected chi connectivity index (χ4v) is 3.68. The zero-order valence-electron chi connectivity index (χ0n) is 14.1. The summed E-state index contributed by atoms with van der Waals surface area (Å²) in [4.78, 5) is 0. The van der Waals surface area contributed by atoms with Crippen LogP contribution in [0.2, 0.25) is 0 Å². The Bertz CT molecular complexity index is 801. The molecule has 5 heteroatoms. The van der Waals surface area contributed by atoms with Crippen LogP contribution in [0.1, 0.15) is 24.7 Å². The zero-order chi connectivity index (χ0) is 16.9. The molecular formula is C19H21N3OS. The quantitative estimate of drug-likeness (QED) is 0.603. The van der Waals surface area contributed by atoms with Gasteiger partial charge in [0.05, 0.1) is 12.7 Å². The SMILES string of the molecule is CCn1c(S[C@H](C)c2ccccc2)nnc1-c1ccccc1OC. The molecule has 1 atom stereocenters. The van der Waals surface area contributed by atoms with Crippen LogP contribution in [0.4, 0.5) is 0 Å². The maximum absolute atomic E-state index is 5.47. The molecular weight excluding hydrogens is 318 g/mol. The molecule has 0 radical (unpaired) electrons. The van der Waals surface area contributed by atoms with Crippen LogP contribution in [0.25, 0.3) is 11.4 Å². The van der Waals surface area contributed by atoms with Gasteiger partial charge in [-0.15, -0.1) is 10.2 Å². The number of aromatic nitrogens is 3. The molecule has 4 nitrogen and oxygen atoms in total. The Morgan fingerprint density at radius 3 is 2.46 bits per heavy atom. The van der Waals surface area contributed by atoms with Gasteiger partial charge >= 0.3 is 0 Å². The minimum atomic E-state index is 0.311. The molecule has 3 aromatic rings. The lowest BCUT2D eigenvalue weighted by atomic mass is 10.2. The van der Waals surface area contributed by atoms with Crippen LogP contribution in [0.5, 0.6) is 5.75 Å². The molecule has 0 aliphatic heterocycles. The predicted octanol–water partition coefficient (Wildman–Crippen LogP) is 4.83. The van der Waals surface area contributed by atoms with Crippen molar-refractivity contribution in [2.24, 2.45) is 0 Å². The van der Waals surface area contributed by atoms with Gasteiger partial charge < -0.3 is 9.30 Å². The van der Waals surface area contributed by atoms with Gasteiger partial charge in [-0.25, -0.2) is 0 Å². The van der Waals surface area contributed by atoms with Gasteiger partial charge in [-0.1, -0.05) is 54.2 Å². The van der Waals surface area contributed by atoms with Gasteiger partial charge in [0.25, 0.3) is 0 Å². The standard InChI is InChI=1S/C19H21N3OS/c1-4-22-18(16-12-8-9-13-17(16)23-3)20-21-19(22)24-14(2)15-10-6-5-7-11-15/h5-14H,4H2,1-3H3/t14-/m1/s1. The van der Waals surface area contributed by atoms with Crippen LogP contribution < -0.4 is 4.74 Å². The van der Waals surface area contributed by atoms with E-state index in [-0.39, 0.29) is 0 Å². The van der Waals surface area contributed by atoms with Gasteiger partial charge in [0.1, 0.15) is 5.75 Å². The first kappa shape index (κ1) is 16.6. The Morgan fingerprint density at radius 2 is 1.75 bits per heavy atom. The molecule has 0 saturated heterocycles. The summed E-state index contributed by atoms with van der Waals surface area (Å²) in [5.41, 5.74) is 2.25. The van der Waals surface area contributed by atoms with E-state index in [1.807, 2.05) is 30.3 Å². The van der Waals surface area contributed by atoms with Crippen molar-refractivity contribution >= 4 is 11.8 Å². The van der Waals surface area contributed by atoms with Crippen molar-refractivity contribution in [1.82, 2.24) is 14.8 Å². The summed E-state index contributed by atoms with van der Waals surface area (Å²) in [5.74, 6) is 1.66. The van der Waals surface area contributed by atoms with Crippen molar-refractivity contribution in [2.75, 3.05) is 7.11 Å². The highest BCUT2D eigenvalue weighted by molar-refractivity contribution is 7.99. The van der Waals surface area contributed by atoms with Gasteiger partial charge in [0, 0.05) is 11.8 Å². The van der Waals surface area contributed by atoms with E-state index < -0.39 is 0 Å². The summed E-state index contributed by atoms with van der Waals surface area (Å²) in [6, 6.07) is 18.4. The third-order valence-corrected chi connectivity index (χ3v) is 5.07. The summed E-state index contributed by atoms with van der Waals surface area (Å²) in [6.45, 7) is 5.11. The largest absolute Gasteiger partial charge is 0.496 e. The lowest BCUT2D eigenvalue weighted by Crippen LogP contribution is -2.02. The third kappa shape index (κ3) is 3.31. The van der Waals surface area contributed by atoms with Gasteiger partial charge in [-0.05, 0) is 31.5 Å². The first-order valence-corrected chi connectivity index (χ1v) is 8.90. The summed E-state index contributed by atoms with van der Waals surface area (Å²) >= 11 is 1.73. The smallest absolute Gasteiger partial charge is 0.192 e. The van der Waals surface area contributed by atoms with E-state index in [2.05, 4.69) is 52.9 Å². The van der Waals surface area contributed by atoms with Crippen LogP contribution in [-0.4, -0.2) is 21.9 Å². The fraction of sp³-hybridized carbons (Fsp3) is 0.263. The monoisotopic (exact) mass is 339 g/mol. The number of hydrogen-bond acceptors (Lipinski definition) is 4. The second kappa shape index (κ2) is 7.53. The maximum Gasteiger partial charge on any atom is 0.192 e. The van der Waals surface area contributed by atoms with Gasteiger partial charge in [-0.3, -0.25) is 0 Å². The molecule has 0 amide bonds. The highest BCUT2D eigenvalue weighted by atomic mass is 32.2. The number of para-hydroxylation sites is 1. The Kier molecular flexibility index (Phi) is 5.20. The molecule has 0 spiro atoms. The molecule has 1 heterocycles. The molecule has 0 aliphatic carbocycles. The number of thioether (sulfide) groups is 1. The first-order valence-electron chi connectivity index (χ1n) is 8.02. The van der Waals surface area contributed by atoms with E-state index in [1.54, 1.807) is 18.9 Å². The molecule has 24 heavy (non-hydrogen) atoms. The van der Waals surface area contributed by atoms with Crippen molar-refractivity contribution < 1.29 is 4.74 Å². The molecule has 124 valence electrons. The number of nitrogens with zero attached hydrogens (tertiary/aromatic N) is 3. The Balaban J connectivity index is 1.93. The molecule has 0 bridgehead atoms. The molecule has 1 aromatic heterocycles. The van der Waals surface area contributed by atoms with Crippen molar-refractivity contribution in [2.45, 2.75) is 30.8 Å². The van der Waals surface area contributed by atoms with Crippen molar-refractivity contribution in [3.8, 4) is 17.1 Å². The number of ether oxygens (including phenoxy) is 1. The van der Waals surface area contributed by atoms with E-state index in [9.17, 15) is 0 Å². The highest BCUT2D eigenvalue weighted by Crippen LogP contribution is 2.36. The van der Waals surface area contributed by atoms with Crippen molar-refractivity contribution in [1.29, 1.82) is 0 Å². The summed E-state index contributed by atoms with van der Waals surface area (Å²) in [6.07, 6.45) is 0. The summed E-state index contributed by atoms with van der Waals surface area (Å²) in [5, 5.41) is 10.1. The number of methoxy groups -OCH3 is 1. The lowest BCUT2D eigenvalue weighted by molar-refractivity contribution is 0.416. The van der Waals surface area contributed by atoms with Gasteiger partial charge in [0.2, 0.25) is 0 Å². The molecule has 0 saturated carbocycles. The van der Waals surface area contributed by atoms with Crippen LogP contribution >= 0.6 is 11.8 Å². The Hall–Kier alpha value is -2.27. The second-order valence-electron chi connectivity index (χ2n) is 5.42. The Labute approximate surface area is 146 Å². The molecule has 0 unspecified atom stereocenters. The lowest BCUT2D eigenvalue weighted by Gasteiger charge is -2.13. The Morgan fingerprint density at radius 1 is 1.04 bits per heavy atom. The van der Waals surface area contributed by atoms with Crippen LogP contribution in [0, 0.1) is 0 Å². The van der Waals surface area contributed by atoms with Gasteiger partial charge in [0.15, 0.2) is 11.0 Å². The van der Waals surface area contributed by atoms with Crippen molar-refractivity contribution in [3.63, 3.8) is 0 Å². The van der Waals surface area contributed by atoms with Gasteiger partial charge in [-0.2, -0.15) is 0 Å². The third-order valence-electron chi connectivity index (χ3n) is 3.93. The molecule has 3 rings (SSSR count). The average Bonchev–Trinajstić information content (AvgIpc) is 3.04. The van der Waals surface area contributed by atoms with E-state index >= 15 is 0 Å². The van der Waals surface area contributed by atoms with Crippen molar-refractivity contribution in [3.05, 3.63) is 60.2 Å². The van der Waals surface area contributed by atoms with Crippen LogP contribution in [-0.2, 0) is 6.54 Å². The molecule has 0 aliphatic rings. The van der Waals surface area contributed by atoms with Crippen LogP contribution in [0.3, 0.4) is 0 Å². The number of rotatable bonds is 6. The number of benzene rings is 2.